The minimum atomic E-state index is -0.669. The Morgan fingerprint density at radius 1 is 1.17 bits per heavy atom. The molecule has 180 valence electrons. The molecule has 2 aromatic heterocycles. The summed E-state index contributed by atoms with van der Waals surface area (Å²) in [6, 6.07) is 17.7. The van der Waals surface area contributed by atoms with Crippen molar-refractivity contribution in [1.29, 1.82) is 0 Å². The van der Waals surface area contributed by atoms with Crippen LogP contribution < -0.4 is 10.0 Å². The zero-order valence-corrected chi connectivity index (χ0v) is 20.3. The number of pyridine rings is 1. The Morgan fingerprint density at radius 2 is 1.94 bits per heavy atom. The summed E-state index contributed by atoms with van der Waals surface area (Å²) >= 11 is 6.24. The molecule has 0 saturated carbocycles. The highest BCUT2D eigenvalue weighted by atomic mass is 35.5. The van der Waals surface area contributed by atoms with Gasteiger partial charge in [0.1, 0.15) is 18.0 Å². The van der Waals surface area contributed by atoms with Gasteiger partial charge >= 0.3 is 6.09 Å². The van der Waals surface area contributed by atoms with Crippen LogP contribution in [0.5, 0.6) is 0 Å². The van der Waals surface area contributed by atoms with Gasteiger partial charge in [0.15, 0.2) is 6.20 Å². The molecule has 4 aromatic rings. The fourth-order valence-electron chi connectivity index (χ4n) is 3.66. The first kappa shape index (κ1) is 24.2. The van der Waals surface area contributed by atoms with E-state index in [-0.39, 0.29) is 0 Å². The number of tetrazole rings is 1. The van der Waals surface area contributed by atoms with Crippen molar-refractivity contribution in [3.8, 4) is 16.8 Å². The van der Waals surface area contributed by atoms with E-state index in [2.05, 4.69) is 20.8 Å². The molecule has 0 aliphatic carbocycles. The second-order valence-corrected chi connectivity index (χ2v) is 9.41. The van der Waals surface area contributed by atoms with Crippen LogP contribution in [0.2, 0.25) is 5.02 Å². The average molecular weight is 493 g/mol. The van der Waals surface area contributed by atoms with Gasteiger partial charge in [-0.3, -0.25) is 0 Å². The van der Waals surface area contributed by atoms with Crippen LogP contribution in [0.3, 0.4) is 0 Å². The molecule has 0 fully saturated rings. The highest BCUT2D eigenvalue weighted by Crippen LogP contribution is 2.29. The number of amides is 1. The number of carbonyl (C=O) groups excluding carboxylic acids is 1. The minimum Gasteiger partial charge on any atom is -0.618 e. The van der Waals surface area contributed by atoms with Crippen molar-refractivity contribution >= 4 is 17.7 Å². The smallest absolute Gasteiger partial charge is 0.408 e. The lowest BCUT2D eigenvalue weighted by Gasteiger charge is -2.23. The molecule has 0 aliphatic rings. The molecule has 2 aromatic carbocycles. The van der Waals surface area contributed by atoms with E-state index in [1.54, 1.807) is 51.1 Å². The van der Waals surface area contributed by atoms with Gasteiger partial charge in [-0.15, -0.1) is 5.10 Å². The maximum atomic E-state index is 13.2. The van der Waals surface area contributed by atoms with Crippen LogP contribution in [0.25, 0.3) is 16.8 Å². The van der Waals surface area contributed by atoms with Gasteiger partial charge < -0.3 is 15.3 Å². The molecular formula is C25H25ClN6O3. The van der Waals surface area contributed by atoms with Gasteiger partial charge in [0.2, 0.25) is 5.69 Å². The van der Waals surface area contributed by atoms with Crippen LogP contribution in [0.4, 0.5) is 4.79 Å². The molecule has 1 amide bonds. The standard InChI is InChI=1S/C25H25ClN6O3/c1-25(2,3)35-24(33)28-21(13-17-7-5-4-6-8-17)23-11-9-18(15-32(23)34)20-14-19(26)10-12-22(20)31-16-27-29-30-31/h4-12,14-16,21H,13H2,1-3H3,(H,28,33). The van der Waals surface area contributed by atoms with Gasteiger partial charge in [0.25, 0.3) is 0 Å². The van der Waals surface area contributed by atoms with E-state index in [1.807, 2.05) is 30.3 Å². The highest BCUT2D eigenvalue weighted by Gasteiger charge is 2.26. The number of aromatic nitrogens is 5. The molecule has 0 aliphatic heterocycles. The second kappa shape index (κ2) is 10.1. The zero-order chi connectivity index (χ0) is 25.0. The number of hydrogen-bond acceptors (Lipinski definition) is 6. The Balaban J connectivity index is 1.70. The number of halogens is 1. The summed E-state index contributed by atoms with van der Waals surface area (Å²) in [6.07, 6.45) is 2.73. The SMILES string of the molecule is CC(C)(C)OC(=O)NC(Cc1ccccc1)c1ccc(-c2cc(Cl)ccc2-n2cnnn2)c[n+]1[O-]. The number of carbonyl (C=O) groups is 1. The Bertz CT molecular complexity index is 1310. The monoisotopic (exact) mass is 492 g/mol. The normalized spacial score (nSPS) is 12.2. The molecule has 4 rings (SSSR count). The Hall–Kier alpha value is -3.98. The van der Waals surface area contributed by atoms with Crippen LogP contribution in [0.15, 0.2) is 73.2 Å². The first-order chi connectivity index (χ1) is 16.7. The number of nitrogens with zero attached hydrogens (tertiary/aromatic N) is 5. The number of ether oxygens (including phenoxy) is 1. The fraction of sp³-hybridized carbons (Fsp3) is 0.240. The largest absolute Gasteiger partial charge is 0.618 e. The van der Waals surface area contributed by atoms with Crippen molar-refractivity contribution < 1.29 is 14.3 Å². The Kier molecular flexibility index (Phi) is 6.97. The van der Waals surface area contributed by atoms with Crippen molar-refractivity contribution in [2.24, 2.45) is 0 Å². The molecule has 0 saturated heterocycles. The van der Waals surface area contributed by atoms with Gasteiger partial charge in [0, 0.05) is 28.6 Å². The number of benzene rings is 2. The third kappa shape index (κ3) is 6.13. The molecule has 0 bridgehead atoms. The lowest BCUT2D eigenvalue weighted by Crippen LogP contribution is -2.42. The molecule has 9 nitrogen and oxygen atoms in total. The average Bonchev–Trinajstić information content (AvgIpc) is 3.33. The van der Waals surface area contributed by atoms with Crippen molar-refractivity contribution in [3.63, 3.8) is 0 Å². The predicted octanol–water partition coefficient (Wildman–Crippen LogP) is 4.42. The van der Waals surface area contributed by atoms with Crippen LogP contribution in [-0.2, 0) is 11.2 Å². The van der Waals surface area contributed by atoms with Crippen molar-refractivity contribution in [1.82, 2.24) is 25.5 Å². The van der Waals surface area contributed by atoms with Crippen LogP contribution in [0.1, 0.15) is 38.1 Å². The van der Waals surface area contributed by atoms with Crippen LogP contribution in [0, 0.1) is 5.21 Å². The quantitative estimate of drug-likeness (QED) is 0.315. The molecule has 0 spiro atoms. The number of alkyl carbamates (subject to hydrolysis) is 1. The van der Waals surface area contributed by atoms with Gasteiger partial charge in [-0.2, -0.15) is 9.41 Å². The van der Waals surface area contributed by atoms with Gasteiger partial charge in [-0.25, -0.2) is 4.79 Å². The summed E-state index contributed by atoms with van der Waals surface area (Å²) in [5, 5.41) is 27.9. The maximum Gasteiger partial charge on any atom is 0.408 e. The van der Waals surface area contributed by atoms with E-state index < -0.39 is 17.7 Å². The van der Waals surface area contributed by atoms with E-state index in [1.165, 1.54) is 17.2 Å². The molecule has 10 heteroatoms. The van der Waals surface area contributed by atoms with Crippen molar-refractivity contribution in [2.45, 2.75) is 38.8 Å². The van der Waals surface area contributed by atoms with Gasteiger partial charge in [-0.05, 0) is 61.0 Å². The third-order valence-corrected chi connectivity index (χ3v) is 5.38. The Morgan fingerprint density at radius 3 is 2.60 bits per heavy atom. The van der Waals surface area contributed by atoms with E-state index in [0.29, 0.717) is 34.0 Å². The van der Waals surface area contributed by atoms with Gasteiger partial charge in [-0.1, -0.05) is 41.9 Å². The first-order valence-electron chi connectivity index (χ1n) is 11.0. The minimum absolute atomic E-state index is 0.370. The zero-order valence-electron chi connectivity index (χ0n) is 19.6. The topological polar surface area (TPSA) is 109 Å². The summed E-state index contributed by atoms with van der Waals surface area (Å²) in [7, 11) is 0. The lowest BCUT2D eigenvalue weighted by atomic mass is 10.0. The van der Waals surface area contributed by atoms with Crippen LogP contribution >= 0.6 is 11.6 Å². The number of nitrogens with one attached hydrogen (secondary N) is 1. The Labute approximate surface area is 207 Å². The summed E-state index contributed by atoms with van der Waals surface area (Å²) < 4.78 is 7.68. The summed E-state index contributed by atoms with van der Waals surface area (Å²) in [5.41, 5.74) is 2.63. The van der Waals surface area contributed by atoms with Crippen molar-refractivity contribution in [3.05, 3.63) is 94.7 Å². The van der Waals surface area contributed by atoms with E-state index in [0.717, 1.165) is 10.3 Å². The van der Waals surface area contributed by atoms with Gasteiger partial charge in [0.05, 0.1) is 5.69 Å². The molecule has 1 atom stereocenters. The fourth-order valence-corrected chi connectivity index (χ4v) is 3.83. The summed E-state index contributed by atoms with van der Waals surface area (Å²) in [5.74, 6) is 0. The molecular weight excluding hydrogens is 468 g/mol. The molecule has 0 radical (unpaired) electrons. The summed E-state index contributed by atoms with van der Waals surface area (Å²) in [4.78, 5) is 12.6. The molecule has 1 unspecified atom stereocenters. The second-order valence-electron chi connectivity index (χ2n) is 8.97. The molecule has 1 N–H and O–H groups in total. The number of hydrogen-bond donors (Lipinski definition) is 1. The number of rotatable bonds is 6. The van der Waals surface area contributed by atoms with E-state index >= 15 is 0 Å². The highest BCUT2D eigenvalue weighted by molar-refractivity contribution is 6.31. The predicted molar refractivity (Wildman–Crippen MR) is 131 cm³/mol. The molecule has 2 heterocycles. The molecule has 35 heavy (non-hydrogen) atoms. The van der Waals surface area contributed by atoms with Crippen molar-refractivity contribution in [2.75, 3.05) is 0 Å². The van der Waals surface area contributed by atoms with Crippen LogP contribution in [-0.4, -0.2) is 31.9 Å². The van der Waals surface area contributed by atoms with E-state index in [9.17, 15) is 10.0 Å². The third-order valence-electron chi connectivity index (χ3n) is 5.14. The van der Waals surface area contributed by atoms with E-state index in [4.69, 9.17) is 16.3 Å². The lowest BCUT2D eigenvalue weighted by molar-refractivity contribution is -0.615. The summed E-state index contributed by atoms with van der Waals surface area (Å²) in [6.45, 7) is 5.36. The maximum absolute atomic E-state index is 13.2. The first-order valence-corrected chi connectivity index (χ1v) is 11.4.